The van der Waals surface area contributed by atoms with Gasteiger partial charge in [-0.2, -0.15) is 0 Å². The lowest BCUT2D eigenvalue weighted by atomic mass is 10.0. The van der Waals surface area contributed by atoms with Gasteiger partial charge in [-0.1, -0.05) is 23.5 Å². The van der Waals surface area contributed by atoms with Crippen LogP contribution in [-0.2, 0) is 4.74 Å². The molecule has 1 fully saturated rings. The Bertz CT molecular complexity index is 558. The third kappa shape index (κ3) is 2.22. The summed E-state index contributed by atoms with van der Waals surface area (Å²) in [6, 6.07) is 6.31. The molecule has 4 heteroatoms. The van der Waals surface area contributed by atoms with E-state index in [1.165, 1.54) is 10.3 Å². The average molecular weight is 262 g/mol. The summed E-state index contributed by atoms with van der Waals surface area (Å²) in [7, 11) is 0. The SMILES string of the molecule is Cc1cccc2sc(NCC3(C)CCCO3)nc12. The molecule has 0 aliphatic carbocycles. The summed E-state index contributed by atoms with van der Waals surface area (Å²) in [5.74, 6) is 0. The molecular weight excluding hydrogens is 244 g/mol. The predicted molar refractivity (Wildman–Crippen MR) is 76.4 cm³/mol. The summed E-state index contributed by atoms with van der Waals surface area (Å²) in [4.78, 5) is 4.66. The van der Waals surface area contributed by atoms with Crippen molar-refractivity contribution in [2.24, 2.45) is 0 Å². The van der Waals surface area contributed by atoms with Crippen molar-refractivity contribution in [1.82, 2.24) is 4.98 Å². The second-order valence-electron chi connectivity index (χ2n) is 5.20. The Morgan fingerprint density at radius 1 is 1.50 bits per heavy atom. The van der Waals surface area contributed by atoms with Gasteiger partial charge in [-0.15, -0.1) is 0 Å². The molecule has 0 amide bonds. The molecule has 1 aliphatic rings. The molecule has 1 N–H and O–H groups in total. The molecule has 1 saturated heterocycles. The van der Waals surface area contributed by atoms with Crippen LogP contribution in [0.1, 0.15) is 25.3 Å². The second-order valence-corrected chi connectivity index (χ2v) is 6.23. The first-order chi connectivity index (χ1) is 8.66. The van der Waals surface area contributed by atoms with E-state index in [1.807, 2.05) is 0 Å². The minimum atomic E-state index is -0.0209. The maximum atomic E-state index is 5.77. The van der Waals surface area contributed by atoms with Gasteiger partial charge in [0.25, 0.3) is 0 Å². The van der Waals surface area contributed by atoms with Gasteiger partial charge >= 0.3 is 0 Å². The Balaban J connectivity index is 1.77. The zero-order chi connectivity index (χ0) is 12.6. The third-order valence-corrected chi connectivity index (χ3v) is 4.51. The number of hydrogen-bond acceptors (Lipinski definition) is 4. The first kappa shape index (κ1) is 11.9. The number of aromatic nitrogens is 1. The van der Waals surface area contributed by atoms with E-state index in [1.54, 1.807) is 11.3 Å². The van der Waals surface area contributed by atoms with Gasteiger partial charge in [-0.3, -0.25) is 0 Å². The lowest BCUT2D eigenvalue weighted by Gasteiger charge is -2.22. The van der Waals surface area contributed by atoms with Crippen molar-refractivity contribution in [3.05, 3.63) is 23.8 Å². The van der Waals surface area contributed by atoms with Crippen molar-refractivity contribution in [3.8, 4) is 0 Å². The van der Waals surface area contributed by atoms with Gasteiger partial charge in [-0.05, 0) is 38.3 Å². The number of aryl methyl sites for hydroxylation is 1. The fraction of sp³-hybridized carbons (Fsp3) is 0.500. The quantitative estimate of drug-likeness (QED) is 0.918. The first-order valence-electron chi connectivity index (χ1n) is 6.40. The summed E-state index contributed by atoms with van der Waals surface area (Å²) in [5.41, 5.74) is 2.33. The predicted octanol–water partition coefficient (Wildman–Crippen LogP) is 3.59. The number of ether oxygens (including phenoxy) is 1. The number of rotatable bonds is 3. The van der Waals surface area contributed by atoms with Gasteiger partial charge in [0.1, 0.15) is 0 Å². The summed E-state index contributed by atoms with van der Waals surface area (Å²) in [6.07, 6.45) is 2.29. The lowest BCUT2D eigenvalue weighted by molar-refractivity contribution is 0.0315. The molecule has 3 nitrogen and oxygen atoms in total. The Kier molecular flexibility index (Phi) is 2.99. The average Bonchev–Trinajstić information content (AvgIpc) is 2.94. The number of benzene rings is 1. The van der Waals surface area contributed by atoms with E-state index in [0.717, 1.165) is 36.6 Å². The Morgan fingerprint density at radius 3 is 3.11 bits per heavy atom. The zero-order valence-corrected chi connectivity index (χ0v) is 11.6. The molecule has 1 atom stereocenters. The van der Waals surface area contributed by atoms with Crippen LogP contribution in [0.2, 0.25) is 0 Å². The van der Waals surface area contributed by atoms with E-state index >= 15 is 0 Å². The van der Waals surface area contributed by atoms with Crippen LogP contribution < -0.4 is 5.32 Å². The number of para-hydroxylation sites is 1. The normalized spacial score (nSPS) is 23.7. The smallest absolute Gasteiger partial charge is 0.183 e. The number of thiazole rings is 1. The van der Waals surface area contributed by atoms with E-state index in [0.29, 0.717) is 0 Å². The maximum absolute atomic E-state index is 5.77. The van der Waals surface area contributed by atoms with Crippen LogP contribution in [0.15, 0.2) is 18.2 Å². The van der Waals surface area contributed by atoms with E-state index in [2.05, 4.69) is 42.3 Å². The third-order valence-electron chi connectivity index (χ3n) is 3.53. The number of nitrogens with one attached hydrogen (secondary N) is 1. The number of anilines is 1. The molecule has 0 bridgehead atoms. The minimum Gasteiger partial charge on any atom is -0.373 e. The van der Waals surface area contributed by atoms with Crippen molar-refractivity contribution >= 4 is 26.7 Å². The van der Waals surface area contributed by atoms with Crippen molar-refractivity contribution < 1.29 is 4.74 Å². The molecule has 1 unspecified atom stereocenters. The zero-order valence-electron chi connectivity index (χ0n) is 10.8. The fourth-order valence-corrected chi connectivity index (χ4v) is 3.34. The first-order valence-corrected chi connectivity index (χ1v) is 7.22. The van der Waals surface area contributed by atoms with Crippen molar-refractivity contribution in [2.75, 3.05) is 18.5 Å². The highest BCUT2D eigenvalue weighted by atomic mass is 32.1. The molecule has 0 radical (unpaired) electrons. The van der Waals surface area contributed by atoms with E-state index in [9.17, 15) is 0 Å². The van der Waals surface area contributed by atoms with Crippen molar-refractivity contribution in [1.29, 1.82) is 0 Å². The van der Waals surface area contributed by atoms with Gasteiger partial charge in [0.15, 0.2) is 5.13 Å². The Morgan fingerprint density at radius 2 is 2.39 bits per heavy atom. The summed E-state index contributed by atoms with van der Waals surface area (Å²) in [6.45, 7) is 6.00. The Labute approximate surface area is 111 Å². The summed E-state index contributed by atoms with van der Waals surface area (Å²) in [5, 5.41) is 4.42. The van der Waals surface area contributed by atoms with E-state index < -0.39 is 0 Å². The largest absolute Gasteiger partial charge is 0.373 e. The van der Waals surface area contributed by atoms with Crippen LogP contribution in [0.25, 0.3) is 10.2 Å². The highest BCUT2D eigenvalue weighted by Crippen LogP contribution is 2.30. The van der Waals surface area contributed by atoms with Gasteiger partial charge in [0.2, 0.25) is 0 Å². The maximum Gasteiger partial charge on any atom is 0.183 e. The standard InChI is InChI=1S/C14H18N2OS/c1-10-5-3-6-11-12(10)16-13(18-11)15-9-14(2)7-4-8-17-14/h3,5-6H,4,7-9H2,1-2H3,(H,15,16). The van der Waals surface area contributed by atoms with Crippen LogP contribution in [0.4, 0.5) is 5.13 Å². The fourth-order valence-electron chi connectivity index (χ4n) is 2.40. The molecule has 2 aromatic rings. The molecular formula is C14H18N2OS. The Hall–Kier alpha value is -1.13. The van der Waals surface area contributed by atoms with Gasteiger partial charge in [0, 0.05) is 13.2 Å². The second kappa shape index (κ2) is 4.52. The minimum absolute atomic E-state index is 0.0209. The van der Waals surface area contributed by atoms with Crippen LogP contribution in [0.3, 0.4) is 0 Å². The number of hydrogen-bond donors (Lipinski definition) is 1. The topological polar surface area (TPSA) is 34.1 Å². The number of nitrogens with zero attached hydrogens (tertiary/aromatic N) is 1. The van der Waals surface area contributed by atoms with Gasteiger partial charge < -0.3 is 10.1 Å². The molecule has 18 heavy (non-hydrogen) atoms. The van der Waals surface area contributed by atoms with E-state index in [-0.39, 0.29) is 5.60 Å². The van der Waals surface area contributed by atoms with Crippen LogP contribution in [0, 0.1) is 6.92 Å². The monoisotopic (exact) mass is 262 g/mol. The van der Waals surface area contributed by atoms with Gasteiger partial charge in [0.05, 0.1) is 15.8 Å². The molecule has 1 aromatic carbocycles. The number of fused-ring (bicyclic) bond motifs is 1. The molecule has 1 aliphatic heterocycles. The van der Waals surface area contributed by atoms with E-state index in [4.69, 9.17) is 4.74 Å². The summed E-state index contributed by atoms with van der Waals surface area (Å²) >= 11 is 1.72. The van der Waals surface area contributed by atoms with Crippen LogP contribution >= 0.6 is 11.3 Å². The molecule has 1 aromatic heterocycles. The van der Waals surface area contributed by atoms with Crippen LogP contribution in [0.5, 0.6) is 0 Å². The van der Waals surface area contributed by atoms with Crippen molar-refractivity contribution in [2.45, 2.75) is 32.3 Å². The van der Waals surface area contributed by atoms with Crippen molar-refractivity contribution in [3.63, 3.8) is 0 Å². The molecule has 3 rings (SSSR count). The van der Waals surface area contributed by atoms with Crippen LogP contribution in [-0.4, -0.2) is 23.7 Å². The van der Waals surface area contributed by atoms with Gasteiger partial charge in [-0.25, -0.2) is 4.98 Å². The molecule has 0 spiro atoms. The molecule has 2 heterocycles. The lowest BCUT2D eigenvalue weighted by Crippen LogP contribution is -2.32. The summed E-state index contributed by atoms with van der Waals surface area (Å²) < 4.78 is 7.02. The molecule has 0 saturated carbocycles. The highest BCUT2D eigenvalue weighted by molar-refractivity contribution is 7.22. The highest BCUT2D eigenvalue weighted by Gasteiger charge is 2.29. The molecule has 96 valence electrons.